The van der Waals surface area contributed by atoms with Gasteiger partial charge in [-0.05, 0) is 37.6 Å². The lowest BCUT2D eigenvalue weighted by atomic mass is 10.1. The van der Waals surface area contributed by atoms with Crippen molar-refractivity contribution in [3.8, 4) is 0 Å². The van der Waals surface area contributed by atoms with Gasteiger partial charge in [-0.1, -0.05) is 22.0 Å². The predicted molar refractivity (Wildman–Crippen MR) is 69.6 cm³/mol. The summed E-state index contributed by atoms with van der Waals surface area (Å²) in [6, 6.07) is 2.68. The first-order chi connectivity index (χ1) is 7.95. The van der Waals surface area contributed by atoms with Crippen LogP contribution in [0.5, 0.6) is 0 Å². The Bertz CT molecular complexity index is 509. The number of hydrogen-bond donors (Lipinski definition) is 1. The third kappa shape index (κ3) is 3.49. The average Bonchev–Trinajstić information content (AvgIpc) is 2.23. The van der Waals surface area contributed by atoms with Crippen LogP contribution in [0.25, 0.3) is 0 Å². The lowest BCUT2D eigenvalue weighted by Crippen LogP contribution is -2.12. The first kappa shape index (κ1) is 13.6. The summed E-state index contributed by atoms with van der Waals surface area (Å²) in [5, 5.41) is 0. The van der Waals surface area contributed by atoms with Crippen LogP contribution in [-0.2, 0) is 0 Å². The second kappa shape index (κ2) is 5.72. The van der Waals surface area contributed by atoms with E-state index in [1.165, 1.54) is 18.2 Å². The van der Waals surface area contributed by atoms with E-state index >= 15 is 0 Å². The van der Waals surface area contributed by atoms with Gasteiger partial charge in [0.15, 0.2) is 0 Å². The Morgan fingerprint density at radius 3 is 2.76 bits per heavy atom. The smallest absolute Gasteiger partial charge is 0.281 e. The van der Waals surface area contributed by atoms with Crippen LogP contribution < -0.4 is 5.73 Å². The van der Waals surface area contributed by atoms with Crippen LogP contribution in [0.15, 0.2) is 33.7 Å². The zero-order chi connectivity index (χ0) is 13.0. The summed E-state index contributed by atoms with van der Waals surface area (Å²) in [7, 11) is 0. The van der Waals surface area contributed by atoms with Crippen molar-refractivity contribution in [3.05, 3.63) is 45.7 Å². The van der Waals surface area contributed by atoms with Gasteiger partial charge < -0.3 is 5.73 Å². The maximum Gasteiger partial charge on any atom is 0.281 e. The van der Waals surface area contributed by atoms with Gasteiger partial charge in [0.1, 0.15) is 11.7 Å². The molecule has 2 N–H and O–H groups in total. The number of carbonyl (C=O) groups is 1. The summed E-state index contributed by atoms with van der Waals surface area (Å²) in [4.78, 5) is 15.2. The van der Waals surface area contributed by atoms with Gasteiger partial charge in [-0.15, -0.1) is 0 Å². The number of nitrogens with zero attached hydrogens (tertiary/aromatic N) is 1. The maximum absolute atomic E-state index is 13.5. The highest BCUT2D eigenvalue weighted by molar-refractivity contribution is 9.10. The summed E-state index contributed by atoms with van der Waals surface area (Å²) in [6.07, 6.45) is 3.12. The van der Waals surface area contributed by atoms with Gasteiger partial charge in [0.05, 0.1) is 5.56 Å². The molecule has 0 aromatic heterocycles. The zero-order valence-electron chi connectivity index (χ0n) is 9.50. The van der Waals surface area contributed by atoms with Crippen LogP contribution in [0.1, 0.15) is 22.8 Å². The molecule has 0 saturated carbocycles. The highest BCUT2D eigenvalue weighted by Gasteiger charge is 2.13. The number of allylic oxidation sites excluding steroid dienone is 1. The standard InChI is InChI=1S/C12H12BrFN2O/c1-3-4-11(15)16-12(17)8-6-9(13)7(2)5-10(8)14/h3-6H,1-2H3,(H2,15,16,17)/b4-3-. The molecule has 1 rings (SSSR count). The van der Waals surface area contributed by atoms with Crippen LogP contribution in [0.3, 0.4) is 0 Å². The highest BCUT2D eigenvalue weighted by atomic mass is 79.9. The van der Waals surface area contributed by atoms with Crippen molar-refractivity contribution in [1.29, 1.82) is 0 Å². The third-order valence-corrected chi connectivity index (χ3v) is 2.90. The summed E-state index contributed by atoms with van der Waals surface area (Å²) in [5.41, 5.74) is 6.06. The molecule has 0 atom stereocenters. The minimum atomic E-state index is -0.696. The number of aliphatic imine (C=N–C) groups is 1. The van der Waals surface area contributed by atoms with Crippen LogP contribution >= 0.6 is 15.9 Å². The minimum Gasteiger partial charge on any atom is -0.384 e. The Morgan fingerprint density at radius 1 is 1.53 bits per heavy atom. The molecule has 0 radical (unpaired) electrons. The monoisotopic (exact) mass is 298 g/mol. The van der Waals surface area contributed by atoms with Gasteiger partial charge >= 0.3 is 0 Å². The molecule has 0 aliphatic heterocycles. The van der Waals surface area contributed by atoms with E-state index in [2.05, 4.69) is 20.9 Å². The van der Waals surface area contributed by atoms with E-state index in [9.17, 15) is 9.18 Å². The Kier molecular flexibility index (Phi) is 4.57. The molecule has 0 bridgehead atoms. The SMILES string of the molecule is C/C=C\C(N)=NC(=O)c1cc(Br)c(C)cc1F. The van der Waals surface area contributed by atoms with E-state index in [1.54, 1.807) is 19.9 Å². The number of nitrogens with two attached hydrogens (primary N) is 1. The van der Waals surface area contributed by atoms with Gasteiger partial charge in [-0.25, -0.2) is 4.39 Å². The molecule has 3 nitrogen and oxygen atoms in total. The second-order valence-corrected chi connectivity index (χ2v) is 4.28. The summed E-state index contributed by atoms with van der Waals surface area (Å²) in [6.45, 7) is 3.48. The van der Waals surface area contributed by atoms with Crippen molar-refractivity contribution >= 4 is 27.7 Å². The second-order valence-electron chi connectivity index (χ2n) is 3.42. The molecule has 0 saturated heterocycles. The summed E-state index contributed by atoms with van der Waals surface area (Å²) in [5.74, 6) is -1.25. The molecule has 17 heavy (non-hydrogen) atoms. The van der Waals surface area contributed by atoms with Crippen LogP contribution in [0.4, 0.5) is 4.39 Å². The van der Waals surface area contributed by atoms with Crippen LogP contribution in [-0.4, -0.2) is 11.7 Å². The largest absolute Gasteiger partial charge is 0.384 e. The predicted octanol–water partition coefficient (Wildman–Crippen LogP) is 2.97. The van der Waals surface area contributed by atoms with Crippen molar-refractivity contribution in [2.75, 3.05) is 0 Å². The molecule has 0 spiro atoms. The van der Waals surface area contributed by atoms with Crippen LogP contribution in [0.2, 0.25) is 0 Å². The number of halogens is 2. The van der Waals surface area contributed by atoms with E-state index in [0.717, 1.165) is 0 Å². The average molecular weight is 299 g/mol. The van der Waals surface area contributed by atoms with E-state index < -0.39 is 11.7 Å². The quantitative estimate of drug-likeness (QED) is 0.674. The molecular weight excluding hydrogens is 287 g/mol. The lowest BCUT2D eigenvalue weighted by Gasteiger charge is -2.03. The number of carbonyl (C=O) groups excluding carboxylic acids is 1. The van der Waals surface area contributed by atoms with Gasteiger partial charge in [0, 0.05) is 4.47 Å². The Morgan fingerprint density at radius 2 is 2.18 bits per heavy atom. The molecule has 1 amide bonds. The van der Waals surface area contributed by atoms with E-state index in [0.29, 0.717) is 10.0 Å². The fourth-order valence-corrected chi connectivity index (χ4v) is 1.54. The maximum atomic E-state index is 13.5. The molecule has 1 aromatic rings. The number of rotatable bonds is 2. The topological polar surface area (TPSA) is 55.4 Å². The first-order valence-corrected chi connectivity index (χ1v) is 5.72. The number of amides is 1. The Hall–Kier alpha value is -1.49. The molecule has 0 unspecified atom stereocenters. The molecule has 0 aliphatic carbocycles. The summed E-state index contributed by atoms with van der Waals surface area (Å²) < 4.78 is 14.2. The number of hydrogen-bond acceptors (Lipinski definition) is 1. The molecule has 0 aliphatic rings. The molecule has 0 heterocycles. The lowest BCUT2D eigenvalue weighted by molar-refractivity contribution is 0.0999. The van der Waals surface area contributed by atoms with Crippen molar-refractivity contribution < 1.29 is 9.18 Å². The molecular formula is C12H12BrFN2O. The molecule has 1 aromatic carbocycles. The molecule has 0 fully saturated rings. The summed E-state index contributed by atoms with van der Waals surface area (Å²) >= 11 is 3.23. The van der Waals surface area contributed by atoms with Crippen molar-refractivity contribution in [2.45, 2.75) is 13.8 Å². The Labute approximate surface area is 107 Å². The van der Waals surface area contributed by atoms with Crippen molar-refractivity contribution in [1.82, 2.24) is 0 Å². The van der Waals surface area contributed by atoms with E-state index in [1.807, 2.05) is 0 Å². The van der Waals surface area contributed by atoms with E-state index in [4.69, 9.17) is 5.73 Å². The fourth-order valence-electron chi connectivity index (χ4n) is 1.20. The Balaban J connectivity index is 3.13. The third-order valence-electron chi connectivity index (χ3n) is 2.05. The normalized spacial score (nSPS) is 12.1. The van der Waals surface area contributed by atoms with Crippen molar-refractivity contribution in [3.63, 3.8) is 0 Å². The van der Waals surface area contributed by atoms with E-state index in [-0.39, 0.29) is 11.4 Å². The minimum absolute atomic E-state index is 0.0496. The highest BCUT2D eigenvalue weighted by Crippen LogP contribution is 2.21. The molecule has 5 heteroatoms. The van der Waals surface area contributed by atoms with Crippen molar-refractivity contribution in [2.24, 2.45) is 10.7 Å². The number of amidine groups is 1. The van der Waals surface area contributed by atoms with Crippen LogP contribution in [0, 0.1) is 12.7 Å². The van der Waals surface area contributed by atoms with Gasteiger partial charge in [0.2, 0.25) is 0 Å². The fraction of sp³-hybridized carbons (Fsp3) is 0.167. The number of aryl methyl sites for hydroxylation is 1. The first-order valence-electron chi connectivity index (χ1n) is 4.92. The van der Waals surface area contributed by atoms with Gasteiger partial charge in [0.25, 0.3) is 5.91 Å². The van der Waals surface area contributed by atoms with Gasteiger partial charge in [-0.3, -0.25) is 4.79 Å². The molecule has 90 valence electrons. The van der Waals surface area contributed by atoms with Gasteiger partial charge in [-0.2, -0.15) is 4.99 Å². The number of benzene rings is 1. The zero-order valence-corrected chi connectivity index (χ0v) is 11.1.